The van der Waals surface area contributed by atoms with Crippen molar-refractivity contribution in [1.29, 1.82) is 0 Å². The molecule has 1 N–H and O–H groups in total. The first-order valence-corrected chi connectivity index (χ1v) is 7.83. The highest BCUT2D eigenvalue weighted by atomic mass is 32.2. The van der Waals surface area contributed by atoms with Gasteiger partial charge in [-0.25, -0.2) is 18.2 Å². The van der Waals surface area contributed by atoms with Gasteiger partial charge in [-0.2, -0.15) is 0 Å². The van der Waals surface area contributed by atoms with Gasteiger partial charge in [0.25, 0.3) is 0 Å². The van der Waals surface area contributed by atoms with Crippen LogP contribution in [0.15, 0.2) is 18.3 Å². The molecule has 6 nitrogen and oxygen atoms in total. The third-order valence-electron chi connectivity index (χ3n) is 2.99. The molecule has 0 spiro atoms. The van der Waals surface area contributed by atoms with Crippen molar-refractivity contribution in [3.05, 3.63) is 24.0 Å². The van der Waals surface area contributed by atoms with Crippen LogP contribution in [0.25, 0.3) is 0 Å². The number of carbonyl (C=O) groups is 1. The Morgan fingerprint density at radius 3 is 3.00 bits per heavy atom. The molecule has 1 aromatic rings. The Hall–Kier alpha value is -1.63. The van der Waals surface area contributed by atoms with Crippen LogP contribution in [-0.2, 0) is 14.6 Å². The Kier molecular flexibility index (Phi) is 4.04. The predicted octanol–water partition coefficient (Wildman–Crippen LogP) is 0.857. The fourth-order valence-electron chi connectivity index (χ4n) is 2.11. The minimum atomic E-state index is -2.95. The number of nitrogens with one attached hydrogen (secondary N) is 1. The Morgan fingerprint density at radius 2 is 2.32 bits per heavy atom. The maximum absolute atomic E-state index is 11.5. The summed E-state index contributed by atoms with van der Waals surface area (Å²) >= 11 is 0. The molecule has 1 aromatic heterocycles. The van der Waals surface area contributed by atoms with E-state index in [1.165, 1.54) is 13.3 Å². The summed E-state index contributed by atoms with van der Waals surface area (Å²) in [7, 11) is -1.66. The SMILES string of the molecule is COC(=O)c1cc(NC2CCCS(=O)(=O)C2)ccn1. The second-order valence-corrected chi connectivity index (χ2v) is 6.75. The number of hydrogen-bond donors (Lipinski definition) is 1. The van der Waals surface area contributed by atoms with Gasteiger partial charge in [0.1, 0.15) is 5.69 Å². The van der Waals surface area contributed by atoms with E-state index in [2.05, 4.69) is 15.0 Å². The van der Waals surface area contributed by atoms with E-state index < -0.39 is 15.8 Å². The van der Waals surface area contributed by atoms with Crippen LogP contribution in [0.4, 0.5) is 5.69 Å². The first-order valence-electron chi connectivity index (χ1n) is 6.01. The summed E-state index contributed by atoms with van der Waals surface area (Å²) in [4.78, 5) is 15.3. The molecule has 1 atom stereocenters. The molecule has 19 heavy (non-hydrogen) atoms. The molecule has 104 valence electrons. The molecule has 2 heterocycles. The number of anilines is 1. The van der Waals surface area contributed by atoms with Crippen LogP contribution in [0, 0.1) is 0 Å². The quantitative estimate of drug-likeness (QED) is 0.828. The Morgan fingerprint density at radius 1 is 1.53 bits per heavy atom. The fourth-order valence-corrected chi connectivity index (χ4v) is 3.75. The van der Waals surface area contributed by atoms with E-state index in [-0.39, 0.29) is 23.2 Å². The summed E-state index contributed by atoms with van der Waals surface area (Å²) in [6.45, 7) is 0. The van der Waals surface area contributed by atoms with E-state index in [0.29, 0.717) is 12.1 Å². The smallest absolute Gasteiger partial charge is 0.356 e. The number of ether oxygens (including phenoxy) is 1. The van der Waals surface area contributed by atoms with Crippen molar-refractivity contribution >= 4 is 21.5 Å². The predicted molar refractivity (Wildman–Crippen MR) is 70.9 cm³/mol. The standard InChI is InChI=1S/C12H16N2O4S/c1-18-12(15)11-7-9(4-5-13-11)14-10-3-2-6-19(16,17)8-10/h4-5,7,10H,2-3,6,8H2,1H3,(H,13,14). The number of aromatic nitrogens is 1. The molecule has 0 aliphatic carbocycles. The van der Waals surface area contributed by atoms with Crippen molar-refractivity contribution in [1.82, 2.24) is 4.98 Å². The van der Waals surface area contributed by atoms with E-state index in [1.54, 1.807) is 12.1 Å². The van der Waals surface area contributed by atoms with E-state index in [4.69, 9.17) is 0 Å². The molecule has 0 saturated carbocycles. The highest BCUT2D eigenvalue weighted by molar-refractivity contribution is 7.91. The van der Waals surface area contributed by atoms with E-state index in [9.17, 15) is 13.2 Å². The van der Waals surface area contributed by atoms with Gasteiger partial charge >= 0.3 is 5.97 Å². The molecule has 0 aromatic carbocycles. The lowest BCUT2D eigenvalue weighted by molar-refractivity contribution is 0.0594. The molecule has 0 radical (unpaired) electrons. The van der Waals surface area contributed by atoms with Crippen molar-refractivity contribution in [2.24, 2.45) is 0 Å². The number of methoxy groups -OCH3 is 1. The molecular formula is C12H16N2O4S. The molecular weight excluding hydrogens is 268 g/mol. The summed E-state index contributed by atoms with van der Waals surface area (Å²) in [5.74, 6) is -0.127. The average Bonchev–Trinajstić information content (AvgIpc) is 2.37. The van der Waals surface area contributed by atoms with Crippen LogP contribution in [0.5, 0.6) is 0 Å². The van der Waals surface area contributed by atoms with Crippen LogP contribution in [0.1, 0.15) is 23.3 Å². The zero-order valence-electron chi connectivity index (χ0n) is 10.6. The zero-order chi connectivity index (χ0) is 13.9. The maximum atomic E-state index is 11.5. The molecule has 1 aliphatic rings. The van der Waals surface area contributed by atoms with Crippen LogP contribution < -0.4 is 5.32 Å². The molecule has 1 saturated heterocycles. The van der Waals surface area contributed by atoms with Gasteiger partial charge in [0.05, 0.1) is 18.6 Å². The van der Waals surface area contributed by atoms with E-state index in [1.807, 2.05) is 0 Å². The largest absolute Gasteiger partial charge is 0.464 e. The Labute approximate surface area is 112 Å². The minimum absolute atomic E-state index is 0.119. The van der Waals surface area contributed by atoms with Crippen LogP contribution in [0.2, 0.25) is 0 Å². The highest BCUT2D eigenvalue weighted by Crippen LogP contribution is 2.18. The van der Waals surface area contributed by atoms with Gasteiger partial charge in [-0.05, 0) is 25.0 Å². The molecule has 1 fully saturated rings. The van der Waals surface area contributed by atoms with Crippen molar-refractivity contribution in [2.75, 3.05) is 23.9 Å². The van der Waals surface area contributed by atoms with Crippen molar-refractivity contribution in [3.63, 3.8) is 0 Å². The number of hydrogen-bond acceptors (Lipinski definition) is 6. The second kappa shape index (κ2) is 5.56. The van der Waals surface area contributed by atoms with Crippen molar-refractivity contribution < 1.29 is 17.9 Å². The maximum Gasteiger partial charge on any atom is 0.356 e. The molecule has 0 bridgehead atoms. The van der Waals surface area contributed by atoms with Gasteiger partial charge in [-0.3, -0.25) is 0 Å². The third kappa shape index (κ3) is 3.66. The summed E-state index contributed by atoms with van der Waals surface area (Å²) in [6, 6.07) is 3.15. The number of nitrogens with zero attached hydrogens (tertiary/aromatic N) is 1. The van der Waals surface area contributed by atoms with Gasteiger partial charge in [0.15, 0.2) is 9.84 Å². The van der Waals surface area contributed by atoms with Gasteiger partial charge in [-0.15, -0.1) is 0 Å². The minimum Gasteiger partial charge on any atom is -0.464 e. The number of esters is 1. The topological polar surface area (TPSA) is 85.4 Å². The number of rotatable bonds is 3. The Balaban J connectivity index is 2.09. The monoisotopic (exact) mass is 284 g/mol. The number of sulfone groups is 1. The summed E-state index contributed by atoms with van der Waals surface area (Å²) in [6.07, 6.45) is 2.95. The fraction of sp³-hybridized carbons (Fsp3) is 0.500. The highest BCUT2D eigenvalue weighted by Gasteiger charge is 2.24. The van der Waals surface area contributed by atoms with Crippen molar-refractivity contribution in [2.45, 2.75) is 18.9 Å². The summed E-state index contributed by atoms with van der Waals surface area (Å²) in [5, 5.41) is 3.13. The number of pyridine rings is 1. The molecule has 7 heteroatoms. The molecule has 1 aliphatic heterocycles. The first kappa shape index (κ1) is 13.8. The van der Waals surface area contributed by atoms with Gasteiger partial charge < -0.3 is 10.1 Å². The molecule has 1 unspecified atom stereocenters. The lowest BCUT2D eigenvalue weighted by Gasteiger charge is -2.24. The van der Waals surface area contributed by atoms with Crippen LogP contribution >= 0.6 is 0 Å². The van der Waals surface area contributed by atoms with Crippen molar-refractivity contribution in [3.8, 4) is 0 Å². The van der Waals surface area contributed by atoms with Crippen LogP contribution in [0.3, 0.4) is 0 Å². The zero-order valence-corrected chi connectivity index (χ0v) is 11.4. The van der Waals surface area contributed by atoms with E-state index >= 15 is 0 Å². The van der Waals surface area contributed by atoms with Crippen LogP contribution in [-0.4, -0.2) is 44.0 Å². The number of carbonyl (C=O) groups excluding carboxylic acids is 1. The lowest BCUT2D eigenvalue weighted by atomic mass is 10.2. The van der Waals surface area contributed by atoms with Gasteiger partial charge in [-0.1, -0.05) is 0 Å². The average molecular weight is 284 g/mol. The van der Waals surface area contributed by atoms with Gasteiger partial charge in [0, 0.05) is 17.9 Å². The third-order valence-corrected chi connectivity index (χ3v) is 4.81. The molecule has 0 amide bonds. The lowest BCUT2D eigenvalue weighted by Crippen LogP contribution is -2.34. The normalized spacial score (nSPS) is 21.6. The molecule has 2 rings (SSSR count). The Bertz CT molecular complexity index is 571. The summed E-state index contributed by atoms with van der Waals surface area (Å²) in [5.41, 5.74) is 0.878. The second-order valence-electron chi connectivity index (χ2n) is 4.52. The first-order chi connectivity index (χ1) is 9.00. The van der Waals surface area contributed by atoms with E-state index in [0.717, 1.165) is 6.42 Å². The van der Waals surface area contributed by atoms with Gasteiger partial charge in [0.2, 0.25) is 0 Å². The summed E-state index contributed by atoms with van der Waals surface area (Å²) < 4.78 is 27.7.